The van der Waals surface area contributed by atoms with Gasteiger partial charge in [-0.05, 0) is 25.8 Å². The van der Waals surface area contributed by atoms with Crippen molar-refractivity contribution in [2.75, 3.05) is 26.8 Å². The summed E-state index contributed by atoms with van der Waals surface area (Å²) in [6.45, 7) is 1.18. The maximum absolute atomic E-state index is 11.8. The third-order valence-corrected chi connectivity index (χ3v) is 2.25. The molecule has 3 heteroatoms. The molecule has 0 radical (unpaired) electrons. The molecule has 1 aliphatic carbocycles. The lowest BCUT2D eigenvalue weighted by molar-refractivity contribution is 0.0278. The Kier molecular flexibility index (Phi) is 3.27. The van der Waals surface area contributed by atoms with Crippen molar-refractivity contribution in [3.05, 3.63) is 0 Å². The minimum atomic E-state index is -0.272. The molecule has 0 aromatic rings. The number of halogens is 1. The molecule has 0 bridgehead atoms. The molecule has 0 spiro atoms. The number of hydrogen-bond donors (Lipinski definition) is 1. The first-order valence-electron chi connectivity index (χ1n) is 4.15. The topological polar surface area (TPSA) is 23.5 Å². The quantitative estimate of drug-likeness (QED) is 0.654. The van der Waals surface area contributed by atoms with Crippen LogP contribution in [0.5, 0.6) is 0 Å². The van der Waals surface area contributed by atoms with Crippen molar-refractivity contribution < 1.29 is 9.50 Å². The number of rotatable bonds is 4. The van der Waals surface area contributed by atoms with Gasteiger partial charge < -0.3 is 10.0 Å². The van der Waals surface area contributed by atoms with Crippen LogP contribution < -0.4 is 0 Å². The van der Waals surface area contributed by atoms with Crippen molar-refractivity contribution in [3.63, 3.8) is 0 Å². The van der Waals surface area contributed by atoms with E-state index in [9.17, 15) is 4.39 Å². The molecule has 0 aliphatic heterocycles. The second-order valence-corrected chi connectivity index (χ2v) is 3.44. The van der Waals surface area contributed by atoms with Crippen LogP contribution in [0.2, 0.25) is 0 Å². The Balaban J connectivity index is 2.02. The van der Waals surface area contributed by atoms with Crippen LogP contribution in [0.4, 0.5) is 4.39 Å². The molecule has 1 rings (SSSR count). The lowest BCUT2D eigenvalue weighted by atomic mass is 9.82. The van der Waals surface area contributed by atoms with Gasteiger partial charge in [0.05, 0.1) is 6.10 Å². The Hall–Kier alpha value is -0.150. The fraction of sp³-hybridized carbons (Fsp3) is 1.00. The van der Waals surface area contributed by atoms with Crippen LogP contribution >= 0.6 is 0 Å². The predicted octanol–water partition coefficient (Wildman–Crippen LogP) is 0.659. The average molecular weight is 161 g/mol. The summed E-state index contributed by atoms with van der Waals surface area (Å²) in [7, 11) is 1.92. The SMILES string of the molecule is CN(CCF)CC1CC(O)C1. The van der Waals surface area contributed by atoms with Gasteiger partial charge in [0.25, 0.3) is 0 Å². The Morgan fingerprint density at radius 2 is 2.18 bits per heavy atom. The van der Waals surface area contributed by atoms with Gasteiger partial charge in [-0.15, -0.1) is 0 Å². The van der Waals surface area contributed by atoms with Gasteiger partial charge in [0.2, 0.25) is 0 Å². The maximum Gasteiger partial charge on any atom is 0.102 e. The summed E-state index contributed by atoms with van der Waals surface area (Å²) < 4.78 is 11.8. The van der Waals surface area contributed by atoms with E-state index in [0.717, 1.165) is 19.4 Å². The number of aliphatic hydroxyl groups is 1. The highest BCUT2D eigenvalue weighted by Crippen LogP contribution is 2.27. The van der Waals surface area contributed by atoms with Gasteiger partial charge in [0.1, 0.15) is 6.67 Å². The summed E-state index contributed by atoms with van der Waals surface area (Å²) in [6.07, 6.45) is 1.71. The van der Waals surface area contributed by atoms with E-state index in [1.54, 1.807) is 0 Å². The van der Waals surface area contributed by atoms with Gasteiger partial charge in [-0.2, -0.15) is 0 Å². The molecule has 0 heterocycles. The molecular weight excluding hydrogens is 145 g/mol. The molecule has 66 valence electrons. The molecule has 0 atom stereocenters. The summed E-state index contributed by atoms with van der Waals surface area (Å²) in [5.41, 5.74) is 0. The average Bonchev–Trinajstić information content (AvgIpc) is 1.85. The van der Waals surface area contributed by atoms with E-state index in [4.69, 9.17) is 5.11 Å². The zero-order valence-electron chi connectivity index (χ0n) is 6.96. The minimum Gasteiger partial charge on any atom is -0.393 e. The molecule has 1 fully saturated rings. The first-order chi connectivity index (χ1) is 5.22. The van der Waals surface area contributed by atoms with E-state index in [0.29, 0.717) is 12.5 Å². The van der Waals surface area contributed by atoms with Gasteiger partial charge in [0, 0.05) is 13.1 Å². The molecule has 0 unspecified atom stereocenters. The summed E-state index contributed by atoms with van der Waals surface area (Å²) >= 11 is 0. The van der Waals surface area contributed by atoms with Crippen molar-refractivity contribution in [3.8, 4) is 0 Å². The molecule has 0 aromatic carbocycles. The number of alkyl halides is 1. The first-order valence-corrected chi connectivity index (χ1v) is 4.15. The molecular formula is C8H16FNO. The van der Waals surface area contributed by atoms with Gasteiger partial charge in [-0.1, -0.05) is 0 Å². The second-order valence-electron chi connectivity index (χ2n) is 3.44. The smallest absolute Gasteiger partial charge is 0.102 e. The molecule has 2 nitrogen and oxygen atoms in total. The predicted molar refractivity (Wildman–Crippen MR) is 42.2 cm³/mol. The van der Waals surface area contributed by atoms with E-state index in [1.807, 2.05) is 11.9 Å². The number of aliphatic hydroxyl groups excluding tert-OH is 1. The molecule has 1 aliphatic rings. The van der Waals surface area contributed by atoms with E-state index in [1.165, 1.54) is 0 Å². The summed E-state index contributed by atoms with van der Waals surface area (Å²) in [4.78, 5) is 1.98. The first kappa shape index (κ1) is 8.94. The third kappa shape index (κ3) is 2.75. The van der Waals surface area contributed by atoms with E-state index < -0.39 is 0 Å². The summed E-state index contributed by atoms with van der Waals surface area (Å²) in [5, 5.41) is 8.97. The number of nitrogens with zero attached hydrogens (tertiary/aromatic N) is 1. The second kappa shape index (κ2) is 4.02. The highest BCUT2D eigenvalue weighted by Gasteiger charge is 2.27. The Labute approximate surface area is 67.0 Å². The molecule has 0 saturated heterocycles. The summed E-state index contributed by atoms with van der Waals surface area (Å²) in [6, 6.07) is 0. The Morgan fingerprint density at radius 1 is 1.55 bits per heavy atom. The molecule has 0 aromatic heterocycles. The lowest BCUT2D eigenvalue weighted by Gasteiger charge is -2.34. The highest BCUT2D eigenvalue weighted by atomic mass is 19.1. The van der Waals surface area contributed by atoms with Gasteiger partial charge >= 0.3 is 0 Å². The van der Waals surface area contributed by atoms with Crippen molar-refractivity contribution in [1.82, 2.24) is 4.90 Å². The normalized spacial score (nSPS) is 30.5. The van der Waals surface area contributed by atoms with Crippen LogP contribution in [-0.2, 0) is 0 Å². The number of hydrogen-bond acceptors (Lipinski definition) is 2. The van der Waals surface area contributed by atoms with Gasteiger partial charge in [-0.25, -0.2) is 4.39 Å². The molecule has 1 saturated carbocycles. The van der Waals surface area contributed by atoms with Crippen LogP contribution in [0.3, 0.4) is 0 Å². The molecule has 11 heavy (non-hydrogen) atoms. The van der Waals surface area contributed by atoms with E-state index in [-0.39, 0.29) is 12.8 Å². The largest absolute Gasteiger partial charge is 0.393 e. The van der Waals surface area contributed by atoms with Gasteiger partial charge in [0.15, 0.2) is 0 Å². The van der Waals surface area contributed by atoms with E-state index >= 15 is 0 Å². The molecule has 1 N–H and O–H groups in total. The van der Waals surface area contributed by atoms with Crippen molar-refractivity contribution >= 4 is 0 Å². The Bertz CT molecular complexity index is 112. The fourth-order valence-corrected chi connectivity index (χ4v) is 1.53. The zero-order valence-corrected chi connectivity index (χ0v) is 6.96. The minimum absolute atomic E-state index is 0.0845. The van der Waals surface area contributed by atoms with Crippen molar-refractivity contribution in [2.24, 2.45) is 5.92 Å². The van der Waals surface area contributed by atoms with Crippen LogP contribution in [0, 0.1) is 5.92 Å². The standard InChI is InChI=1S/C8H16FNO/c1-10(3-2-9)6-7-4-8(11)5-7/h7-8,11H,2-6H2,1H3. The Morgan fingerprint density at radius 3 is 2.64 bits per heavy atom. The molecule has 0 amide bonds. The monoisotopic (exact) mass is 161 g/mol. The van der Waals surface area contributed by atoms with Crippen molar-refractivity contribution in [1.29, 1.82) is 0 Å². The third-order valence-electron chi connectivity index (χ3n) is 2.25. The van der Waals surface area contributed by atoms with Crippen LogP contribution in [0.15, 0.2) is 0 Å². The fourth-order valence-electron chi connectivity index (χ4n) is 1.53. The summed E-state index contributed by atoms with van der Waals surface area (Å²) in [5.74, 6) is 0.599. The van der Waals surface area contributed by atoms with Crippen LogP contribution in [0.1, 0.15) is 12.8 Å². The lowest BCUT2D eigenvalue weighted by Crippen LogP contribution is -2.37. The highest BCUT2D eigenvalue weighted by molar-refractivity contribution is 4.80. The zero-order chi connectivity index (χ0) is 8.27. The van der Waals surface area contributed by atoms with Crippen LogP contribution in [-0.4, -0.2) is 42.9 Å². The van der Waals surface area contributed by atoms with Crippen molar-refractivity contribution in [2.45, 2.75) is 18.9 Å². The van der Waals surface area contributed by atoms with Crippen LogP contribution in [0.25, 0.3) is 0 Å². The van der Waals surface area contributed by atoms with Gasteiger partial charge in [-0.3, -0.25) is 0 Å². The maximum atomic E-state index is 11.8. The van der Waals surface area contributed by atoms with E-state index in [2.05, 4.69) is 0 Å².